The van der Waals surface area contributed by atoms with Gasteiger partial charge in [0.2, 0.25) is 11.0 Å². The first-order valence-corrected chi connectivity index (χ1v) is 6.67. The quantitative estimate of drug-likeness (QED) is 0.881. The molecule has 2 N–H and O–H groups in total. The van der Waals surface area contributed by atoms with E-state index in [4.69, 9.17) is 5.73 Å². The Balaban J connectivity index is 2.16. The van der Waals surface area contributed by atoms with Crippen molar-refractivity contribution < 1.29 is 13.2 Å². The number of hydrogen-bond acceptors (Lipinski definition) is 5. The summed E-state index contributed by atoms with van der Waals surface area (Å²) in [7, 11) is 0. The van der Waals surface area contributed by atoms with E-state index < -0.39 is 12.0 Å². The van der Waals surface area contributed by atoms with Gasteiger partial charge in [0.25, 0.3) is 0 Å². The van der Waals surface area contributed by atoms with E-state index in [2.05, 4.69) is 9.36 Å². The SMILES string of the molecule is CCN(Cc1ccc(N)cc1)c1nc(C(F)(F)F)ns1. The Labute approximate surface area is 118 Å². The molecular formula is C12H13F3N4S. The van der Waals surface area contributed by atoms with Crippen molar-refractivity contribution in [2.75, 3.05) is 17.2 Å². The third-order valence-corrected chi connectivity index (χ3v) is 3.45. The van der Waals surface area contributed by atoms with Gasteiger partial charge in [0, 0.05) is 30.3 Å². The fourth-order valence-electron chi connectivity index (χ4n) is 1.62. The molecule has 0 radical (unpaired) electrons. The van der Waals surface area contributed by atoms with Crippen molar-refractivity contribution >= 4 is 22.4 Å². The van der Waals surface area contributed by atoms with Crippen LogP contribution in [0.4, 0.5) is 24.0 Å². The van der Waals surface area contributed by atoms with E-state index in [1.165, 1.54) is 0 Å². The van der Waals surface area contributed by atoms with Crippen molar-refractivity contribution in [2.24, 2.45) is 0 Å². The van der Waals surface area contributed by atoms with Gasteiger partial charge in [-0.25, -0.2) is 0 Å². The molecule has 0 saturated carbocycles. The van der Waals surface area contributed by atoms with Crippen LogP contribution in [0.1, 0.15) is 18.3 Å². The topological polar surface area (TPSA) is 55.0 Å². The molecule has 4 nitrogen and oxygen atoms in total. The molecule has 0 aliphatic carbocycles. The van der Waals surface area contributed by atoms with Crippen LogP contribution in [0, 0.1) is 0 Å². The highest BCUT2D eigenvalue weighted by Crippen LogP contribution is 2.30. The molecule has 2 aromatic rings. The number of alkyl halides is 3. The lowest BCUT2D eigenvalue weighted by molar-refractivity contribution is -0.144. The van der Waals surface area contributed by atoms with Crippen LogP contribution >= 0.6 is 11.5 Å². The third kappa shape index (κ3) is 3.38. The van der Waals surface area contributed by atoms with Crippen LogP contribution in [0.2, 0.25) is 0 Å². The molecule has 8 heteroatoms. The number of rotatable bonds is 4. The minimum atomic E-state index is -4.50. The molecule has 1 aromatic heterocycles. The highest BCUT2D eigenvalue weighted by molar-refractivity contribution is 7.09. The van der Waals surface area contributed by atoms with Crippen LogP contribution < -0.4 is 10.6 Å². The summed E-state index contributed by atoms with van der Waals surface area (Å²) < 4.78 is 40.8. The van der Waals surface area contributed by atoms with E-state index in [1.54, 1.807) is 17.0 Å². The average molecular weight is 302 g/mol. The fourth-order valence-corrected chi connectivity index (χ4v) is 2.37. The Morgan fingerprint density at radius 3 is 2.40 bits per heavy atom. The number of anilines is 2. The summed E-state index contributed by atoms with van der Waals surface area (Å²) in [5, 5.41) is 0.261. The van der Waals surface area contributed by atoms with Crippen molar-refractivity contribution in [2.45, 2.75) is 19.6 Å². The van der Waals surface area contributed by atoms with Gasteiger partial charge in [-0.05, 0) is 24.6 Å². The molecule has 20 heavy (non-hydrogen) atoms. The zero-order chi connectivity index (χ0) is 14.8. The number of nitrogens with zero attached hydrogens (tertiary/aromatic N) is 3. The second-order valence-corrected chi connectivity index (χ2v) is 4.88. The summed E-state index contributed by atoms with van der Waals surface area (Å²) in [6.45, 7) is 2.85. The molecule has 108 valence electrons. The molecule has 0 amide bonds. The van der Waals surface area contributed by atoms with Crippen LogP contribution in [0.15, 0.2) is 24.3 Å². The molecule has 2 rings (SSSR count). The standard InChI is InChI=1S/C12H13F3N4S/c1-2-19(7-8-3-5-9(16)6-4-8)11-17-10(18-20-11)12(13,14)15/h3-6H,2,7,16H2,1H3. The Kier molecular flexibility index (Phi) is 4.12. The first-order chi connectivity index (χ1) is 9.40. The second kappa shape index (κ2) is 5.66. The van der Waals surface area contributed by atoms with Gasteiger partial charge in [0.05, 0.1) is 0 Å². The number of hydrogen-bond donors (Lipinski definition) is 1. The van der Waals surface area contributed by atoms with E-state index in [0.29, 0.717) is 18.8 Å². The number of nitrogens with two attached hydrogens (primary N) is 1. The van der Waals surface area contributed by atoms with Gasteiger partial charge in [-0.1, -0.05) is 12.1 Å². The first-order valence-electron chi connectivity index (χ1n) is 5.90. The maximum Gasteiger partial charge on any atom is 0.452 e. The fraction of sp³-hybridized carbons (Fsp3) is 0.333. The number of nitrogen functional groups attached to an aromatic ring is 1. The third-order valence-electron chi connectivity index (χ3n) is 2.67. The molecular weight excluding hydrogens is 289 g/mol. The summed E-state index contributed by atoms with van der Waals surface area (Å²) in [5.74, 6) is -1.09. The lowest BCUT2D eigenvalue weighted by Gasteiger charge is -2.19. The molecule has 0 unspecified atom stereocenters. The van der Waals surface area contributed by atoms with Crippen molar-refractivity contribution in [3.63, 3.8) is 0 Å². The van der Waals surface area contributed by atoms with Gasteiger partial charge in [-0.15, -0.1) is 0 Å². The molecule has 0 bridgehead atoms. The van der Waals surface area contributed by atoms with Gasteiger partial charge in [-0.3, -0.25) is 0 Å². The summed E-state index contributed by atoms with van der Waals surface area (Å²) >= 11 is 0.752. The zero-order valence-corrected chi connectivity index (χ0v) is 11.5. The van der Waals surface area contributed by atoms with Crippen molar-refractivity contribution in [3.8, 4) is 0 Å². The Morgan fingerprint density at radius 1 is 1.25 bits per heavy atom. The van der Waals surface area contributed by atoms with Crippen LogP contribution in [-0.4, -0.2) is 15.9 Å². The molecule has 0 fully saturated rings. The lowest BCUT2D eigenvalue weighted by Crippen LogP contribution is -2.22. The van der Waals surface area contributed by atoms with Crippen LogP contribution in [0.5, 0.6) is 0 Å². The first kappa shape index (κ1) is 14.6. The predicted molar refractivity (Wildman–Crippen MR) is 72.5 cm³/mol. The van der Waals surface area contributed by atoms with E-state index in [1.807, 2.05) is 19.1 Å². The normalized spacial score (nSPS) is 11.6. The van der Waals surface area contributed by atoms with Crippen molar-refractivity contribution in [1.82, 2.24) is 9.36 Å². The summed E-state index contributed by atoms with van der Waals surface area (Å²) in [4.78, 5) is 5.28. The largest absolute Gasteiger partial charge is 0.452 e. The van der Waals surface area contributed by atoms with E-state index in [9.17, 15) is 13.2 Å². The molecule has 0 spiro atoms. The molecule has 0 aliphatic rings. The van der Waals surface area contributed by atoms with Crippen LogP contribution in [0.25, 0.3) is 0 Å². The number of benzene rings is 1. The minimum absolute atomic E-state index is 0.261. The smallest absolute Gasteiger partial charge is 0.399 e. The van der Waals surface area contributed by atoms with Crippen LogP contribution in [0.3, 0.4) is 0 Å². The Hall–Kier alpha value is -1.83. The molecule has 1 heterocycles. The van der Waals surface area contributed by atoms with E-state index in [-0.39, 0.29) is 5.13 Å². The van der Waals surface area contributed by atoms with Gasteiger partial charge < -0.3 is 10.6 Å². The Morgan fingerprint density at radius 2 is 1.90 bits per heavy atom. The number of halogens is 3. The highest BCUT2D eigenvalue weighted by atomic mass is 32.1. The predicted octanol–water partition coefficient (Wildman–Crippen LogP) is 3.17. The maximum absolute atomic E-state index is 12.5. The van der Waals surface area contributed by atoms with E-state index in [0.717, 1.165) is 17.1 Å². The average Bonchev–Trinajstić information content (AvgIpc) is 2.87. The Bertz CT molecular complexity index is 565. The lowest BCUT2D eigenvalue weighted by atomic mass is 10.2. The second-order valence-electron chi connectivity index (χ2n) is 4.15. The molecule has 0 saturated heterocycles. The molecule has 1 aromatic carbocycles. The van der Waals surface area contributed by atoms with Gasteiger partial charge in [0.15, 0.2) is 0 Å². The minimum Gasteiger partial charge on any atom is -0.399 e. The summed E-state index contributed by atoms with van der Waals surface area (Å²) in [6, 6.07) is 7.18. The van der Waals surface area contributed by atoms with Gasteiger partial charge in [-0.2, -0.15) is 22.5 Å². The molecule has 0 aliphatic heterocycles. The van der Waals surface area contributed by atoms with Crippen LogP contribution in [-0.2, 0) is 12.7 Å². The molecule has 0 atom stereocenters. The number of aromatic nitrogens is 2. The van der Waals surface area contributed by atoms with Crippen molar-refractivity contribution in [1.29, 1.82) is 0 Å². The maximum atomic E-state index is 12.5. The monoisotopic (exact) mass is 302 g/mol. The van der Waals surface area contributed by atoms with Gasteiger partial charge in [0.1, 0.15) is 0 Å². The highest BCUT2D eigenvalue weighted by Gasteiger charge is 2.36. The summed E-state index contributed by atoms with van der Waals surface area (Å²) in [5.41, 5.74) is 7.19. The van der Waals surface area contributed by atoms with E-state index >= 15 is 0 Å². The summed E-state index contributed by atoms with van der Waals surface area (Å²) in [6.07, 6.45) is -4.50. The van der Waals surface area contributed by atoms with Gasteiger partial charge >= 0.3 is 6.18 Å². The zero-order valence-electron chi connectivity index (χ0n) is 10.7. The van der Waals surface area contributed by atoms with Crippen molar-refractivity contribution in [3.05, 3.63) is 35.7 Å².